The molecule has 20 heavy (non-hydrogen) atoms. The highest BCUT2D eigenvalue weighted by atomic mass is 32.1. The van der Waals surface area contributed by atoms with Crippen LogP contribution in [-0.4, -0.2) is 21.1 Å². The van der Waals surface area contributed by atoms with Crippen LogP contribution in [0.15, 0.2) is 12.4 Å². The monoisotopic (exact) mass is 292 g/mol. The van der Waals surface area contributed by atoms with Gasteiger partial charge in [0.25, 0.3) is 0 Å². The minimum atomic E-state index is 0.227. The quantitative estimate of drug-likeness (QED) is 0.783. The first kappa shape index (κ1) is 15.0. The average Bonchev–Trinajstić information content (AvgIpc) is 3.05. The summed E-state index contributed by atoms with van der Waals surface area (Å²) >= 11 is 1.79. The van der Waals surface area contributed by atoms with E-state index in [9.17, 15) is 0 Å². The predicted molar refractivity (Wildman–Crippen MR) is 85.7 cm³/mol. The van der Waals surface area contributed by atoms with Crippen molar-refractivity contribution in [2.45, 2.75) is 53.0 Å². The van der Waals surface area contributed by atoms with Crippen molar-refractivity contribution in [1.82, 2.24) is 14.5 Å². The molecule has 0 radical (unpaired) electrons. The van der Waals surface area contributed by atoms with Crippen LogP contribution in [-0.2, 0) is 6.42 Å². The maximum atomic E-state index is 4.58. The Morgan fingerprint density at radius 2 is 2.20 bits per heavy atom. The van der Waals surface area contributed by atoms with E-state index in [4.69, 9.17) is 0 Å². The summed E-state index contributed by atoms with van der Waals surface area (Å²) in [5.74, 6) is 0.955. The topological polar surface area (TPSA) is 42.7 Å². The number of thiazole rings is 1. The van der Waals surface area contributed by atoms with Gasteiger partial charge in [-0.15, -0.1) is 11.3 Å². The standard InChI is InChI=1S/C15H24N4S/c1-5-7-8-16-15-18-11(3)10-19(15)12(4)14-17-9-13(6-2)20-14/h9-10,12H,5-8H2,1-4H3,(H,16,18). The van der Waals surface area contributed by atoms with Gasteiger partial charge in [-0.3, -0.25) is 0 Å². The fourth-order valence-electron chi connectivity index (χ4n) is 2.12. The molecule has 0 fully saturated rings. The number of nitrogens with one attached hydrogen (secondary N) is 1. The summed E-state index contributed by atoms with van der Waals surface area (Å²) in [5, 5.41) is 4.59. The Kier molecular flexibility index (Phi) is 5.17. The molecule has 0 bridgehead atoms. The van der Waals surface area contributed by atoms with Crippen molar-refractivity contribution in [3.63, 3.8) is 0 Å². The third-order valence-electron chi connectivity index (χ3n) is 3.36. The summed E-state index contributed by atoms with van der Waals surface area (Å²) in [5.41, 5.74) is 1.04. The maximum absolute atomic E-state index is 4.58. The Labute approximate surface area is 125 Å². The lowest BCUT2D eigenvalue weighted by Crippen LogP contribution is -2.12. The minimum Gasteiger partial charge on any atom is -0.356 e. The number of anilines is 1. The fourth-order valence-corrected chi connectivity index (χ4v) is 3.03. The molecule has 0 aliphatic rings. The number of aromatic nitrogens is 3. The molecule has 110 valence electrons. The van der Waals surface area contributed by atoms with Gasteiger partial charge in [-0.2, -0.15) is 0 Å². The summed E-state index contributed by atoms with van der Waals surface area (Å²) in [4.78, 5) is 10.5. The first-order valence-electron chi connectivity index (χ1n) is 7.39. The Bertz CT molecular complexity index is 544. The molecule has 2 rings (SSSR count). The number of rotatable bonds is 7. The van der Waals surface area contributed by atoms with Gasteiger partial charge >= 0.3 is 0 Å². The van der Waals surface area contributed by atoms with E-state index in [0.29, 0.717) is 0 Å². The molecule has 2 aromatic rings. The molecule has 0 aliphatic carbocycles. The molecule has 5 heteroatoms. The molecule has 0 spiro atoms. The van der Waals surface area contributed by atoms with Crippen LogP contribution in [0.1, 0.15) is 55.2 Å². The average molecular weight is 292 g/mol. The van der Waals surface area contributed by atoms with Crippen LogP contribution < -0.4 is 5.32 Å². The number of hydrogen-bond donors (Lipinski definition) is 1. The Morgan fingerprint density at radius 1 is 1.40 bits per heavy atom. The van der Waals surface area contributed by atoms with Crippen LogP contribution in [0.2, 0.25) is 0 Å². The summed E-state index contributed by atoms with van der Waals surface area (Å²) in [6.45, 7) is 9.56. The molecule has 4 nitrogen and oxygen atoms in total. The molecule has 0 saturated carbocycles. The molecule has 1 N–H and O–H groups in total. The highest BCUT2D eigenvalue weighted by molar-refractivity contribution is 7.11. The van der Waals surface area contributed by atoms with Gasteiger partial charge in [0.1, 0.15) is 5.01 Å². The second kappa shape index (κ2) is 6.88. The van der Waals surface area contributed by atoms with Crippen molar-refractivity contribution < 1.29 is 0 Å². The number of nitrogens with zero attached hydrogens (tertiary/aromatic N) is 3. The number of aryl methyl sites for hydroxylation is 2. The summed E-state index contributed by atoms with van der Waals surface area (Å²) < 4.78 is 2.20. The van der Waals surface area contributed by atoms with Crippen LogP contribution in [0.25, 0.3) is 0 Å². The van der Waals surface area contributed by atoms with Crippen LogP contribution >= 0.6 is 11.3 Å². The van der Waals surface area contributed by atoms with E-state index in [1.165, 1.54) is 11.3 Å². The highest BCUT2D eigenvalue weighted by Gasteiger charge is 2.16. The van der Waals surface area contributed by atoms with Gasteiger partial charge in [0.15, 0.2) is 0 Å². The Morgan fingerprint density at radius 3 is 2.85 bits per heavy atom. The molecule has 0 amide bonds. The number of imidazole rings is 1. The van der Waals surface area contributed by atoms with Crippen LogP contribution in [0.5, 0.6) is 0 Å². The van der Waals surface area contributed by atoms with Gasteiger partial charge in [0.2, 0.25) is 5.95 Å². The number of hydrogen-bond acceptors (Lipinski definition) is 4. The fraction of sp³-hybridized carbons (Fsp3) is 0.600. The molecular formula is C15H24N4S. The van der Waals surface area contributed by atoms with Crippen molar-refractivity contribution in [3.8, 4) is 0 Å². The van der Waals surface area contributed by atoms with Crippen molar-refractivity contribution in [2.24, 2.45) is 0 Å². The lowest BCUT2D eigenvalue weighted by atomic mass is 10.3. The van der Waals surface area contributed by atoms with Crippen molar-refractivity contribution in [2.75, 3.05) is 11.9 Å². The second-order valence-electron chi connectivity index (χ2n) is 5.09. The zero-order chi connectivity index (χ0) is 14.5. The summed E-state index contributed by atoms with van der Waals surface area (Å²) in [6, 6.07) is 0.227. The summed E-state index contributed by atoms with van der Waals surface area (Å²) in [6.07, 6.45) is 7.50. The van der Waals surface area contributed by atoms with Crippen LogP contribution in [0.4, 0.5) is 5.95 Å². The maximum Gasteiger partial charge on any atom is 0.203 e. The molecule has 2 aromatic heterocycles. The normalized spacial score (nSPS) is 12.6. The molecular weight excluding hydrogens is 268 g/mol. The molecule has 1 unspecified atom stereocenters. The van der Waals surface area contributed by atoms with Crippen LogP contribution in [0.3, 0.4) is 0 Å². The van der Waals surface area contributed by atoms with E-state index < -0.39 is 0 Å². The molecule has 1 atom stereocenters. The Hall–Kier alpha value is -1.36. The Balaban J connectivity index is 2.17. The van der Waals surface area contributed by atoms with Gasteiger partial charge in [-0.05, 0) is 26.7 Å². The van der Waals surface area contributed by atoms with Crippen molar-refractivity contribution in [3.05, 3.63) is 28.0 Å². The van der Waals surface area contributed by atoms with Crippen molar-refractivity contribution in [1.29, 1.82) is 0 Å². The third kappa shape index (κ3) is 3.39. The van der Waals surface area contributed by atoms with Crippen LogP contribution in [0, 0.1) is 6.92 Å². The highest BCUT2D eigenvalue weighted by Crippen LogP contribution is 2.26. The van der Waals surface area contributed by atoms with E-state index in [0.717, 1.165) is 36.0 Å². The molecule has 0 aromatic carbocycles. The molecule has 0 saturated heterocycles. The number of unbranched alkanes of at least 4 members (excludes halogenated alkanes) is 1. The first-order chi connectivity index (χ1) is 9.65. The van der Waals surface area contributed by atoms with E-state index in [1.807, 2.05) is 13.1 Å². The van der Waals surface area contributed by atoms with Gasteiger partial charge in [-0.25, -0.2) is 9.97 Å². The first-order valence-corrected chi connectivity index (χ1v) is 8.21. The van der Waals surface area contributed by atoms with Gasteiger partial charge < -0.3 is 9.88 Å². The minimum absolute atomic E-state index is 0.227. The third-order valence-corrected chi connectivity index (χ3v) is 4.67. The molecule has 0 aliphatic heterocycles. The van der Waals surface area contributed by atoms with Gasteiger partial charge in [0, 0.05) is 23.8 Å². The van der Waals surface area contributed by atoms with E-state index in [-0.39, 0.29) is 6.04 Å². The second-order valence-corrected chi connectivity index (χ2v) is 6.23. The summed E-state index contributed by atoms with van der Waals surface area (Å²) in [7, 11) is 0. The van der Waals surface area contributed by atoms with Crippen molar-refractivity contribution >= 4 is 17.3 Å². The largest absolute Gasteiger partial charge is 0.356 e. The van der Waals surface area contributed by atoms with Gasteiger partial charge in [-0.1, -0.05) is 20.3 Å². The van der Waals surface area contributed by atoms with Gasteiger partial charge in [0.05, 0.1) is 11.7 Å². The predicted octanol–water partition coefficient (Wildman–Crippen LogP) is 4.03. The lowest BCUT2D eigenvalue weighted by Gasteiger charge is -2.14. The lowest BCUT2D eigenvalue weighted by molar-refractivity contribution is 0.636. The van der Waals surface area contributed by atoms with E-state index in [2.05, 4.69) is 46.8 Å². The zero-order valence-corrected chi connectivity index (χ0v) is 13.6. The van der Waals surface area contributed by atoms with E-state index in [1.54, 1.807) is 11.3 Å². The smallest absolute Gasteiger partial charge is 0.203 e. The zero-order valence-electron chi connectivity index (χ0n) is 12.8. The SMILES string of the molecule is CCCCNc1nc(C)cn1C(C)c1ncc(CC)s1. The molecule has 2 heterocycles. The van der Waals surface area contributed by atoms with E-state index >= 15 is 0 Å².